The minimum atomic E-state index is -0.558. The first-order valence-electron chi connectivity index (χ1n) is 18.5. The maximum Gasteiger partial charge on any atom is 0.331 e. The Bertz CT molecular complexity index is 1670. The van der Waals surface area contributed by atoms with Gasteiger partial charge in [-0.1, -0.05) is 12.1 Å². The number of methoxy groups -OCH3 is 4. The second-order valence-corrected chi connectivity index (χ2v) is 14.2. The fourth-order valence-corrected chi connectivity index (χ4v) is 7.63. The van der Waals surface area contributed by atoms with Crippen LogP contribution in [0.5, 0.6) is 23.0 Å². The molecule has 0 radical (unpaired) electrons. The summed E-state index contributed by atoms with van der Waals surface area (Å²) in [5.41, 5.74) is 4.95. The number of esters is 2. The van der Waals surface area contributed by atoms with Crippen LogP contribution in [0.4, 0.5) is 0 Å². The van der Waals surface area contributed by atoms with Crippen molar-refractivity contribution < 1.29 is 51.7 Å². The van der Waals surface area contributed by atoms with Crippen LogP contribution >= 0.6 is 0 Å². The second kappa shape index (κ2) is 19.0. The van der Waals surface area contributed by atoms with E-state index in [0.29, 0.717) is 31.8 Å². The number of nitrogens with zero attached hydrogens (tertiary/aromatic N) is 2. The predicted octanol–water partition coefficient (Wildman–Crippen LogP) is 5.48. The molecule has 0 saturated carbocycles. The van der Waals surface area contributed by atoms with Crippen molar-refractivity contribution in [3.8, 4) is 23.0 Å². The first-order valence-corrected chi connectivity index (χ1v) is 18.5. The van der Waals surface area contributed by atoms with E-state index in [-0.39, 0.29) is 19.3 Å². The highest BCUT2D eigenvalue weighted by Crippen LogP contribution is 2.42. The Morgan fingerprint density at radius 1 is 0.717 bits per heavy atom. The van der Waals surface area contributed by atoms with Crippen molar-refractivity contribution in [1.29, 1.82) is 0 Å². The lowest BCUT2D eigenvalue weighted by molar-refractivity contribution is -0.947. The molecule has 0 aromatic heterocycles. The van der Waals surface area contributed by atoms with E-state index in [1.54, 1.807) is 28.4 Å². The summed E-state index contributed by atoms with van der Waals surface area (Å²) in [6.45, 7) is 7.23. The third-order valence-electron chi connectivity index (χ3n) is 10.8. The number of ether oxygens (including phenoxy) is 7. The molecule has 0 bridgehead atoms. The minimum absolute atomic E-state index is 0.153. The first kappa shape index (κ1) is 39.6. The number of likely N-dealkylation sites (N-methyl/N-ethyl adjacent to an activating group) is 1. The smallest absolute Gasteiger partial charge is 0.331 e. The Morgan fingerprint density at radius 2 is 1.26 bits per heavy atom. The quantitative estimate of drug-likeness (QED) is 0.0730. The zero-order chi connectivity index (χ0) is 37.7. The Morgan fingerprint density at radius 3 is 1.83 bits per heavy atom. The standard InChI is InChI=1S/C42H56N2O9/c1-43(21-18-34-29-39(49-4)40(50-5)30-37(34)38(43)28-32-8-12-35(47-2)13-9-32)19-6-24-52-41(45)16-17-42(46)53-25-7-20-44(22-26-51-27-23-44)31-33-10-14-36(48-3)15-11-33/h8-17,29-30,38H,6-7,18-28,31H2,1-5H3/q+2/b17-16-/t38-,43?/m1/s1. The maximum atomic E-state index is 12.5. The number of rotatable bonds is 18. The predicted molar refractivity (Wildman–Crippen MR) is 201 cm³/mol. The molecule has 1 fully saturated rings. The van der Waals surface area contributed by atoms with Crippen LogP contribution in [-0.2, 0) is 43.2 Å². The molecule has 1 unspecified atom stereocenters. The third-order valence-corrected chi connectivity index (χ3v) is 10.8. The molecule has 0 amide bonds. The van der Waals surface area contributed by atoms with E-state index in [0.717, 1.165) is 90.5 Å². The molecule has 53 heavy (non-hydrogen) atoms. The van der Waals surface area contributed by atoms with Gasteiger partial charge in [0.05, 0.1) is 81.5 Å². The van der Waals surface area contributed by atoms with E-state index in [2.05, 4.69) is 43.4 Å². The second-order valence-electron chi connectivity index (χ2n) is 14.2. The Kier molecular flexibility index (Phi) is 14.2. The molecule has 0 spiro atoms. The van der Waals surface area contributed by atoms with E-state index in [1.165, 1.54) is 22.3 Å². The number of fused-ring (bicyclic) bond motifs is 1. The zero-order valence-electron chi connectivity index (χ0n) is 32.0. The Balaban J connectivity index is 1.10. The topological polar surface area (TPSA) is 98.8 Å². The van der Waals surface area contributed by atoms with Gasteiger partial charge in [0.2, 0.25) is 0 Å². The van der Waals surface area contributed by atoms with Gasteiger partial charge in [0, 0.05) is 49.0 Å². The summed E-state index contributed by atoms with van der Waals surface area (Å²) in [6.07, 6.45) is 5.41. The van der Waals surface area contributed by atoms with Crippen LogP contribution in [0.1, 0.15) is 41.1 Å². The van der Waals surface area contributed by atoms with Gasteiger partial charge in [0.25, 0.3) is 0 Å². The fourth-order valence-electron chi connectivity index (χ4n) is 7.63. The zero-order valence-corrected chi connectivity index (χ0v) is 32.0. The molecule has 1 saturated heterocycles. The van der Waals surface area contributed by atoms with Crippen molar-refractivity contribution in [3.05, 3.63) is 95.1 Å². The van der Waals surface area contributed by atoms with Gasteiger partial charge in [0.1, 0.15) is 37.2 Å². The number of hydrogen-bond acceptors (Lipinski definition) is 9. The van der Waals surface area contributed by atoms with Crippen molar-refractivity contribution in [3.63, 3.8) is 0 Å². The van der Waals surface area contributed by atoms with Crippen molar-refractivity contribution in [2.75, 3.05) is 94.6 Å². The van der Waals surface area contributed by atoms with Crippen LogP contribution < -0.4 is 18.9 Å². The number of quaternary nitrogens is 2. The molecule has 2 heterocycles. The van der Waals surface area contributed by atoms with E-state index in [4.69, 9.17) is 33.2 Å². The van der Waals surface area contributed by atoms with Gasteiger partial charge in [-0.2, -0.15) is 0 Å². The van der Waals surface area contributed by atoms with Crippen molar-refractivity contribution in [2.24, 2.45) is 0 Å². The molecule has 2 aliphatic heterocycles. The highest BCUT2D eigenvalue weighted by atomic mass is 16.5. The number of benzene rings is 3. The summed E-state index contributed by atoms with van der Waals surface area (Å²) < 4.78 is 40.2. The van der Waals surface area contributed by atoms with E-state index in [9.17, 15) is 9.59 Å². The Labute approximate surface area is 314 Å². The molecule has 2 aliphatic rings. The SMILES string of the molecule is COc1ccc(C[C@@H]2c3cc(OC)c(OC)cc3CC[N+]2(C)CCCOC(=O)/C=C\C(=O)OCCC[N+]2(Cc3ccc(OC)cc3)CCOCC2)cc1. The summed E-state index contributed by atoms with van der Waals surface area (Å²) in [5, 5.41) is 0. The van der Waals surface area contributed by atoms with Crippen LogP contribution in [0.25, 0.3) is 0 Å². The molecular formula is C42H56N2O9+2. The fraction of sp³-hybridized carbons (Fsp3) is 0.476. The lowest BCUT2D eigenvalue weighted by atomic mass is 9.86. The molecular weight excluding hydrogens is 676 g/mol. The summed E-state index contributed by atoms with van der Waals surface area (Å²) in [5.74, 6) is 2.00. The summed E-state index contributed by atoms with van der Waals surface area (Å²) in [7, 11) is 8.93. The van der Waals surface area contributed by atoms with Crippen LogP contribution in [0.3, 0.4) is 0 Å². The van der Waals surface area contributed by atoms with Crippen molar-refractivity contribution in [2.45, 2.75) is 38.3 Å². The lowest BCUT2D eigenvalue weighted by Crippen LogP contribution is -2.55. The number of morpholine rings is 1. The number of hydrogen-bond donors (Lipinski definition) is 0. The molecule has 5 rings (SSSR count). The van der Waals surface area contributed by atoms with Gasteiger partial charge in [-0.3, -0.25) is 0 Å². The van der Waals surface area contributed by atoms with Crippen LogP contribution in [0.2, 0.25) is 0 Å². The highest BCUT2D eigenvalue weighted by molar-refractivity contribution is 5.91. The van der Waals surface area contributed by atoms with Crippen molar-refractivity contribution >= 4 is 11.9 Å². The molecule has 2 atom stereocenters. The van der Waals surface area contributed by atoms with E-state index in [1.807, 2.05) is 24.3 Å². The van der Waals surface area contributed by atoms with E-state index >= 15 is 0 Å². The number of carbonyl (C=O) groups is 2. The highest BCUT2D eigenvalue weighted by Gasteiger charge is 2.40. The van der Waals surface area contributed by atoms with Crippen LogP contribution in [0.15, 0.2) is 72.8 Å². The largest absolute Gasteiger partial charge is 0.497 e. The molecule has 11 heteroatoms. The first-order chi connectivity index (χ1) is 25.7. The molecule has 3 aromatic carbocycles. The van der Waals surface area contributed by atoms with Gasteiger partial charge >= 0.3 is 11.9 Å². The van der Waals surface area contributed by atoms with Crippen LogP contribution in [-0.4, -0.2) is 116 Å². The summed E-state index contributed by atoms with van der Waals surface area (Å²) in [4.78, 5) is 25.0. The lowest BCUT2D eigenvalue weighted by Gasteiger charge is -2.46. The number of carbonyl (C=O) groups excluding carboxylic acids is 2. The molecule has 0 aliphatic carbocycles. The summed E-state index contributed by atoms with van der Waals surface area (Å²) in [6, 6.07) is 20.8. The maximum absolute atomic E-state index is 12.5. The summed E-state index contributed by atoms with van der Waals surface area (Å²) >= 11 is 0. The average molecular weight is 733 g/mol. The van der Waals surface area contributed by atoms with Gasteiger partial charge in [-0.25, -0.2) is 9.59 Å². The molecule has 11 nitrogen and oxygen atoms in total. The molecule has 3 aromatic rings. The van der Waals surface area contributed by atoms with Gasteiger partial charge in [-0.05, 0) is 59.7 Å². The Hall–Kier alpha value is -4.58. The average Bonchev–Trinajstić information content (AvgIpc) is 3.19. The van der Waals surface area contributed by atoms with Gasteiger partial charge in [-0.15, -0.1) is 0 Å². The monoisotopic (exact) mass is 732 g/mol. The molecule has 0 N–H and O–H groups in total. The van der Waals surface area contributed by atoms with E-state index < -0.39 is 11.9 Å². The minimum Gasteiger partial charge on any atom is -0.497 e. The third kappa shape index (κ3) is 10.7. The normalized spacial score (nSPS) is 19.2. The van der Waals surface area contributed by atoms with Gasteiger partial charge < -0.3 is 42.1 Å². The van der Waals surface area contributed by atoms with Crippen LogP contribution in [0, 0.1) is 0 Å². The molecule has 286 valence electrons. The van der Waals surface area contributed by atoms with Crippen molar-refractivity contribution in [1.82, 2.24) is 0 Å². The van der Waals surface area contributed by atoms with Gasteiger partial charge in [0.15, 0.2) is 11.5 Å².